The van der Waals surface area contributed by atoms with Crippen molar-refractivity contribution in [3.05, 3.63) is 60.4 Å². The Kier molecular flexibility index (Phi) is 10.5. The van der Waals surface area contributed by atoms with Crippen LogP contribution in [-0.4, -0.2) is 54.7 Å². The molecule has 3 aromatic rings. The summed E-state index contributed by atoms with van der Waals surface area (Å²) in [5.74, 6) is 1.78. The molecule has 1 aromatic carbocycles. The van der Waals surface area contributed by atoms with Gasteiger partial charge in [-0.05, 0) is 55.7 Å². The normalized spacial score (nSPS) is 15.8. The smallest absolute Gasteiger partial charge is 0.204 e. The van der Waals surface area contributed by atoms with Gasteiger partial charge in [0, 0.05) is 43.7 Å². The van der Waals surface area contributed by atoms with E-state index in [2.05, 4.69) is 63.4 Å². The van der Waals surface area contributed by atoms with E-state index in [4.69, 9.17) is 19.5 Å². The number of ether oxygens (including phenoxy) is 1. The first-order chi connectivity index (χ1) is 17.7. The minimum Gasteiger partial charge on any atom is -0.388 e. The van der Waals surface area contributed by atoms with E-state index in [1.807, 2.05) is 44.9 Å². The molecule has 8 nitrogen and oxygen atoms in total. The molecule has 0 radical (unpaired) electrons. The van der Waals surface area contributed by atoms with E-state index >= 15 is 0 Å². The summed E-state index contributed by atoms with van der Waals surface area (Å²) in [6, 6.07) is 16.6. The molecule has 0 bridgehead atoms. The summed E-state index contributed by atoms with van der Waals surface area (Å²) in [7, 11) is 1.93. The van der Waals surface area contributed by atoms with Crippen molar-refractivity contribution in [3.63, 3.8) is 0 Å². The number of benzene rings is 1. The molecule has 3 N–H and O–H groups in total. The van der Waals surface area contributed by atoms with Crippen LogP contribution < -0.4 is 16.0 Å². The number of hydrogen-bond acceptors (Lipinski definition) is 8. The molecule has 1 aliphatic carbocycles. The topological polar surface area (TPSA) is 106 Å². The Balaban J connectivity index is 0.000000674. The average Bonchev–Trinajstić information content (AvgIpc) is 2.93. The van der Waals surface area contributed by atoms with Gasteiger partial charge in [0.05, 0.1) is 28.7 Å². The standard InChI is InChI=1S/C24H27N5OS.C2H6.CH3NO/c1-25-19-8-6-18(7-9-19)23-27-20(17-21(28-23)29-13-15-30-16-14-29)24(10-4-11-24)31-22-5-2-3-12-26-22;1-2;2-1-3/h2-3,5-9,12,17,25H,4,10-11,13-16H2,1H3;1-2H3;1H,(H2,2,3). The number of morpholine rings is 1. The van der Waals surface area contributed by atoms with Gasteiger partial charge in [0.25, 0.3) is 0 Å². The Morgan fingerprint density at radius 1 is 1.08 bits per heavy atom. The predicted molar refractivity (Wildman–Crippen MR) is 147 cm³/mol. The Morgan fingerprint density at radius 3 is 2.33 bits per heavy atom. The highest BCUT2D eigenvalue weighted by Gasteiger charge is 2.42. The second-order valence-electron chi connectivity index (χ2n) is 8.12. The summed E-state index contributed by atoms with van der Waals surface area (Å²) in [5.41, 5.74) is 7.39. The van der Waals surface area contributed by atoms with Crippen LogP contribution in [0.1, 0.15) is 38.8 Å². The number of carbonyl (C=O) groups is 1. The van der Waals surface area contributed by atoms with Gasteiger partial charge < -0.3 is 20.7 Å². The first kappa shape index (κ1) is 27.4. The highest BCUT2D eigenvalue weighted by molar-refractivity contribution is 8.00. The lowest BCUT2D eigenvalue weighted by atomic mass is 9.81. The average molecular weight is 509 g/mol. The SMILES string of the molecule is CC.CNc1ccc(-c2nc(N3CCOCC3)cc(C3(Sc4ccccn4)CCC3)n2)cc1.NC=O. The van der Waals surface area contributed by atoms with Crippen LogP contribution in [0.2, 0.25) is 0 Å². The molecule has 1 aliphatic heterocycles. The van der Waals surface area contributed by atoms with Crippen LogP contribution in [0, 0.1) is 0 Å². The van der Waals surface area contributed by atoms with Crippen LogP contribution in [0.4, 0.5) is 11.5 Å². The number of rotatable bonds is 6. The Labute approximate surface area is 218 Å². The van der Waals surface area contributed by atoms with E-state index < -0.39 is 0 Å². The zero-order valence-corrected chi connectivity index (χ0v) is 22.1. The Morgan fingerprint density at radius 2 is 1.78 bits per heavy atom. The number of hydrogen-bond donors (Lipinski definition) is 2. The van der Waals surface area contributed by atoms with Crippen molar-refractivity contribution < 1.29 is 9.53 Å². The third kappa shape index (κ3) is 6.73. The quantitative estimate of drug-likeness (QED) is 0.461. The van der Waals surface area contributed by atoms with Crippen molar-refractivity contribution in [1.82, 2.24) is 15.0 Å². The van der Waals surface area contributed by atoms with E-state index in [0.29, 0.717) is 0 Å². The van der Waals surface area contributed by atoms with Crippen LogP contribution in [0.25, 0.3) is 11.4 Å². The summed E-state index contributed by atoms with van der Waals surface area (Å²) in [6.07, 6.45) is 5.53. The van der Waals surface area contributed by atoms with E-state index in [0.717, 1.165) is 72.8 Å². The molecule has 0 atom stereocenters. The van der Waals surface area contributed by atoms with Gasteiger partial charge in [0.15, 0.2) is 5.82 Å². The molecule has 3 heterocycles. The molecule has 1 saturated carbocycles. The highest BCUT2D eigenvalue weighted by Crippen LogP contribution is 2.54. The molecule has 2 fully saturated rings. The van der Waals surface area contributed by atoms with Crippen molar-refractivity contribution in [2.45, 2.75) is 42.9 Å². The van der Waals surface area contributed by atoms with Crippen molar-refractivity contribution in [2.75, 3.05) is 43.6 Å². The molecule has 1 amide bonds. The molecule has 2 aromatic heterocycles. The second kappa shape index (κ2) is 13.8. The van der Waals surface area contributed by atoms with Gasteiger partial charge >= 0.3 is 0 Å². The maximum atomic E-state index is 8.58. The molecule has 1 saturated heterocycles. The molecule has 36 heavy (non-hydrogen) atoms. The van der Waals surface area contributed by atoms with E-state index in [9.17, 15) is 0 Å². The summed E-state index contributed by atoms with van der Waals surface area (Å²) in [4.78, 5) is 25.6. The minimum absolute atomic E-state index is 0.0437. The molecule has 192 valence electrons. The summed E-state index contributed by atoms with van der Waals surface area (Å²) >= 11 is 1.84. The molecule has 2 aliphatic rings. The number of carbonyl (C=O) groups excluding carboxylic acids is 1. The second-order valence-corrected chi connectivity index (χ2v) is 9.52. The van der Waals surface area contributed by atoms with Crippen LogP contribution >= 0.6 is 11.8 Å². The van der Waals surface area contributed by atoms with Gasteiger partial charge in [-0.3, -0.25) is 4.79 Å². The van der Waals surface area contributed by atoms with Crippen molar-refractivity contribution in [3.8, 4) is 11.4 Å². The fourth-order valence-electron chi connectivity index (χ4n) is 4.05. The number of thioether (sulfide) groups is 1. The molecular formula is C27H36N6O2S. The lowest BCUT2D eigenvalue weighted by Crippen LogP contribution is -2.38. The largest absolute Gasteiger partial charge is 0.388 e. The van der Waals surface area contributed by atoms with Gasteiger partial charge in [-0.15, -0.1) is 0 Å². The third-order valence-electron chi connectivity index (χ3n) is 6.05. The van der Waals surface area contributed by atoms with E-state index in [1.165, 1.54) is 6.42 Å². The Hall–Kier alpha value is -3.17. The summed E-state index contributed by atoms with van der Waals surface area (Å²) < 4.78 is 5.52. The third-order valence-corrected chi connectivity index (χ3v) is 7.50. The number of amides is 1. The molecule has 9 heteroatoms. The van der Waals surface area contributed by atoms with E-state index in [-0.39, 0.29) is 11.2 Å². The number of primary amides is 1. The number of anilines is 2. The van der Waals surface area contributed by atoms with Crippen LogP contribution in [0.5, 0.6) is 0 Å². The van der Waals surface area contributed by atoms with Gasteiger partial charge in [-0.2, -0.15) is 0 Å². The summed E-state index contributed by atoms with van der Waals surface area (Å²) in [6.45, 7) is 7.18. The van der Waals surface area contributed by atoms with Crippen LogP contribution in [0.3, 0.4) is 0 Å². The minimum atomic E-state index is -0.0437. The van der Waals surface area contributed by atoms with Gasteiger partial charge in [0.1, 0.15) is 5.82 Å². The number of nitrogens with two attached hydrogens (primary N) is 1. The van der Waals surface area contributed by atoms with Gasteiger partial charge in [-0.25, -0.2) is 15.0 Å². The molecular weight excluding hydrogens is 472 g/mol. The molecule has 0 unspecified atom stereocenters. The van der Waals surface area contributed by atoms with Crippen molar-refractivity contribution in [1.29, 1.82) is 0 Å². The van der Waals surface area contributed by atoms with Crippen molar-refractivity contribution in [2.24, 2.45) is 5.73 Å². The molecule has 0 spiro atoms. The fraction of sp³-hybridized carbons (Fsp3) is 0.407. The predicted octanol–water partition coefficient (Wildman–Crippen LogP) is 4.72. The maximum absolute atomic E-state index is 8.58. The number of aromatic nitrogens is 3. The number of nitrogens with one attached hydrogen (secondary N) is 1. The van der Waals surface area contributed by atoms with Crippen LogP contribution in [0.15, 0.2) is 59.8 Å². The van der Waals surface area contributed by atoms with Crippen molar-refractivity contribution >= 4 is 29.7 Å². The summed E-state index contributed by atoms with van der Waals surface area (Å²) in [5, 5.41) is 4.23. The lowest BCUT2D eigenvalue weighted by Gasteiger charge is -2.41. The first-order valence-electron chi connectivity index (χ1n) is 12.4. The highest BCUT2D eigenvalue weighted by atomic mass is 32.2. The lowest BCUT2D eigenvalue weighted by molar-refractivity contribution is -0.106. The van der Waals surface area contributed by atoms with E-state index in [1.54, 1.807) is 0 Å². The number of nitrogens with zero attached hydrogens (tertiary/aromatic N) is 4. The first-order valence-corrected chi connectivity index (χ1v) is 13.2. The zero-order valence-electron chi connectivity index (χ0n) is 21.3. The monoisotopic (exact) mass is 508 g/mol. The zero-order chi connectivity index (χ0) is 25.8. The van der Waals surface area contributed by atoms with Gasteiger partial charge in [-0.1, -0.05) is 31.7 Å². The number of pyridine rings is 1. The maximum Gasteiger partial charge on any atom is 0.204 e. The Bertz CT molecular complexity index is 1070. The van der Waals surface area contributed by atoms with Crippen LogP contribution in [-0.2, 0) is 14.3 Å². The van der Waals surface area contributed by atoms with Gasteiger partial charge in [0.2, 0.25) is 6.41 Å². The fourth-order valence-corrected chi connectivity index (χ4v) is 5.42. The molecule has 5 rings (SSSR count).